The minimum Gasteiger partial charge on any atom is -0.497 e. The summed E-state index contributed by atoms with van der Waals surface area (Å²) in [7, 11) is 3.35. The molecule has 0 aliphatic carbocycles. The summed E-state index contributed by atoms with van der Waals surface area (Å²) in [6.07, 6.45) is 1.95. The molecule has 0 bridgehead atoms. The van der Waals surface area contributed by atoms with Crippen molar-refractivity contribution in [3.63, 3.8) is 0 Å². The van der Waals surface area contributed by atoms with Crippen LogP contribution in [0.5, 0.6) is 11.5 Å². The number of nitro benzene ring substituents is 1. The SMILES string of the molecule is CC.CC.CC.CNc1cc2c(cc1[N+](=O)[O-])N(Cc1ccc(SOc3ccc(OC)cc3)cc1)CCC2. The van der Waals surface area contributed by atoms with Gasteiger partial charge in [-0.15, -0.1) is 0 Å². The van der Waals surface area contributed by atoms with Gasteiger partial charge in [-0.2, -0.15) is 0 Å². The molecule has 4 rings (SSSR count). The van der Waals surface area contributed by atoms with Crippen molar-refractivity contribution in [3.05, 3.63) is 81.9 Å². The number of anilines is 2. The molecule has 7 nitrogen and oxygen atoms in total. The number of fused-ring (bicyclic) bond motifs is 1. The van der Waals surface area contributed by atoms with Crippen LogP contribution < -0.4 is 19.1 Å². The smallest absolute Gasteiger partial charge is 0.294 e. The van der Waals surface area contributed by atoms with E-state index in [4.69, 9.17) is 8.92 Å². The van der Waals surface area contributed by atoms with E-state index in [0.29, 0.717) is 12.2 Å². The van der Waals surface area contributed by atoms with Gasteiger partial charge in [-0.05, 0) is 66.4 Å². The van der Waals surface area contributed by atoms with Crippen molar-refractivity contribution in [2.75, 3.05) is 30.9 Å². The van der Waals surface area contributed by atoms with Crippen LogP contribution in [-0.2, 0) is 13.0 Å². The Labute approximate surface area is 232 Å². The third-order valence-electron chi connectivity index (χ3n) is 5.47. The van der Waals surface area contributed by atoms with Crippen LogP contribution in [0.2, 0.25) is 0 Å². The van der Waals surface area contributed by atoms with Crippen LogP contribution in [0.3, 0.4) is 0 Å². The van der Waals surface area contributed by atoms with Crippen molar-refractivity contribution in [2.24, 2.45) is 0 Å². The summed E-state index contributed by atoms with van der Waals surface area (Å²) in [5.41, 5.74) is 3.91. The minimum absolute atomic E-state index is 0.112. The normalized spacial score (nSPS) is 11.2. The number of benzene rings is 3. The Morgan fingerprint density at radius 1 is 0.947 bits per heavy atom. The number of nitro groups is 1. The highest BCUT2D eigenvalue weighted by Gasteiger charge is 2.23. The van der Waals surface area contributed by atoms with Gasteiger partial charge in [0.15, 0.2) is 0 Å². The van der Waals surface area contributed by atoms with E-state index in [-0.39, 0.29) is 10.6 Å². The molecular formula is C30H43N3O4S. The predicted molar refractivity (Wildman–Crippen MR) is 162 cm³/mol. The maximum Gasteiger partial charge on any atom is 0.294 e. The fourth-order valence-electron chi connectivity index (χ4n) is 3.81. The number of nitrogens with one attached hydrogen (secondary N) is 1. The number of rotatable bonds is 8. The second-order valence-electron chi connectivity index (χ2n) is 7.52. The van der Waals surface area contributed by atoms with E-state index in [2.05, 4.69) is 22.3 Å². The molecule has 0 amide bonds. The Morgan fingerprint density at radius 2 is 1.55 bits per heavy atom. The zero-order chi connectivity index (χ0) is 28.5. The largest absolute Gasteiger partial charge is 0.497 e. The topological polar surface area (TPSA) is 76.9 Å². The summed E-state index contributed by atoms with van der Waals surface area (Å²) in [5, 5.41) is 14.4. The summed E-state index contributed by atoms with van der Waals surface area (Å²) < 4.78 is 10.9. The summed E-state index contributed by atoms with van der Waals surface area (Å²) in [4.78, 5) is 14.4. The average Bonchev–Trinajstić information content (AvgIpc) is 2.99. The fraction of sp³-hybridized carbons (Fsp3) is 0.400. The van der Waals surface area contributed by atoms with E-state index in [1.165, 1.54) is 12.0 Å². The Bertz CT molecular complexity index is 1090. The molecule has 0 unspecified atom stereocenters. The van der Waals surface area contributed by atoms with E-state index in [1.807, 2.05) is 84.0 Å². The number of aryl methyl sites for hydroxylation is 1. The van der Waals surface area contributed by atoms with Gasteiger partial charge in [-0.1, -0.05) is 53.7 Å². The predicted octanol–water partition coefficient (Wildman–Crippen LogP) is 8.76. The molecular weight excluding hydrogens is 498 g/mol. The molecule has 0 spiro atoms. The molecule has 3 aromatic rings. The first-order valence-electron chi connectivity index (χ1n) is 13.4. The summed E-state index contributed by atoms with van der Waals surface area (Å²) in [6, 6.07) is 19.3. The summed E-state index contributed by atoms with van der Waals surface area (Å²) in [6.45, 7) is 13.6. The molecule has 0 aromatic heterocycles. The van der Waals surface area contributed by atoms with E-state index in [1.54, 1.807) is 20.2 Å². The number of nitrogens with zero attached hydrogens (tertiary/aromatic N) is 2. The van der Waals surface area contributed by atoms with E-state index < -0.39 is 0 Å². The number of ether oxygens (including phenoxy) is 1. The lowest BCUT2D eigenvalue weighted by molar-refractivity contribution is -0.383. The minimum atomic E-state index is -0.326. The quantitative estimate of drug-likeness (QED) is 0.173. The van der Waals surface area contributed by atoms with Gasteiger partial charge in [-0.3, -0.25) is 10.1 Å². The maximum atomic E-state index is 11.5. The standard InChI is InChI=1S/C24H25N3O4S.3C2H6/c1-25-22-14-18-4-3-13-26(23(18)15-24(22)27(28)29)16-17-5-11-21(12-6-17)32-31-20-9-7-19(30-2)8-10-20;3*1-2/h5-12,14-15,25H,3-4,13,16H2,1-2H3;3*1-2H3. The maximum absolute atomic E-state index is 11.5. The van der Waals surface area contributed by atoms with Gasteiger partial charge >= 0.3 is 0 Å². The molecule has 0 radical (unpaired) electrons. The highest BCUT2D eigenvalue weighted by molar-refractivity contribution is 7.95. The molecule has 1 heterocycles. The molecule has 1 aliphatic rings. The van der Waals surface area contributed by atoms with Crippen LogP contribution in [0.4, 0.5) is 17.1 Å². The van der Waals surface area contributed by atoms with Gasteiger partial charge in [0.05, 0.1) is 24.1 Å². The van der Waals surface area contributed by atoms with E-state index in [0.717, 1.165) is 52.6 Å². The third kappa shape index (κ3) is 9.17. The zero-order valence-electron chi connectivity index (χ0n) is 24.0. The van der Waals surface area contributed by atoms with Crippen molar-refractivity contribution < 1.29 is 13.8 Å². The van der Waals surface area contributed by atoms with Crippen LogP contribution in [0.15, 0.2) is 65.6 Å². The molecule has 38 heavy (non-hydrogen) atoms. The van der Waals surface area contributed by atoms with Gasteiger partial charge in [0.25, 0.3) is 5.69 Å². The van der Waals surface area contributed by atoms with Gasteiger partial charge in [0, 0.05) is 36.8 Å². The number of methoxy groups -OCH3 is 1. The number of hydrogen-bond acceptors (Lipinski definition) is 7. The lowest BCUT2D eigenvalue weighted by atomic mass is 9.99. The van der Waals surface area contributed by atoms with Gasteiger partial charge < -0.3 is 19.1 Å². The van der Waals surface area contributed by atoms with Crippen LogP contribution in [-0.4, -0.2) is 25.6 Å². The highest BCUT2D eigenvalue weighted by Crippen LogP contribution is 2.37. The third-order valence-corrected chi connectivity index (χ3v) is 6.21. The molecule has 1 aliphatic heterocycles. The molecule has 1 N–H and O–H groups in total. The van der Waals surface area contributed by atoms with Crippen molar-refractivity contribution in [3.8, 4) is 11.5 Å². The van der Waals surface area contributed by atoms with Gasteiger partial charge in [0.2, 0.25) is 0 Å². The first-order valence-corrected chi connectivity index (χ1v) is 14.1. The Morgan fingerprint density at radius 3 is 2.11 bits per heavy atom. The molecule has 8 heteroatoms. The van der Waals surface area contributed by atoms with Crippen molar-refractivity contribution in [2.45, 2.75) is 65.8 Å². The number of hydrogen-bond donors (Lipinski definition) is 1. The van der Waals surface area contributed by atoms with Gasteiger partial charge in [0.1, 0.15) is 17.2 Å². The molecule has 208 valence electrons. The first-order chi connectivity index (χ1) is 18.6. The first kappa shape index (κ1) is 32.6. The second kappa shape index (κ2) is 18.0. The van der Waals surface area contributed by atoms with Crippen molar-refractivity contribution in [1.82, 2.24) is 0 Å². The van der Waals surface area contributed by atoms with Crippen LogP contribution in [0.25, 0.3) is 0 Å². The lowest BCUT2D eigenvalue weighted by Gasteiger charge is -2.31. The summed E-state index contributed by atoms with van der Waals surface area (Å²) in [5.74, 6) is 1.55. The van der Waals surface area contributed by atoms with Gasteiger partial charge in [-0.25, -0.2) is 0 Å². The molecule has 3 aromatic carbocycles. The van der Waals surface area contributed by atoms with Crippen molar-refractivity contribution >= 4 is 29.1 Å². The summed E-state index contributed by atoms with van der Waals surface area (Å²) >= 11 is 1.30. The Kier molecular flexibility index (Phi) is 15.4. The molecule has 0 saturated heterocycles. The molecule has 0 saturated carbocycles. The molecule has 0 fully saturated rings. The average molecular weight is 542 g/mol. The van der Waals surface area contributed by atoms with E-state index in [9.17, 15) is 10.1 Å². The zero-order valence-corrected chi connectivity index (χ0v) is 24.9. The fourth-order valence-corrected chi connectivity index (χ4v) is 4.36. The van der Waals surface area contributed by atoms with Crippen molar-refractivity contribution in [1.29, 1.82) is 0 Å². The van der Waals surface area contributed by atoms with Crippen LogP contribution in [0, 0.1) is 10.1 Å². The molecule has 0 atom stereocenters. The monoisotopic (exact) mass is 541 g/mol. The second-order valence-corrected chi connectivity index (χ2v) is 8.32. The highest BCUT2D eigenvalue weighted by atomic mass is 32.2. The van der Waals surface area contributed by atoms with E-state index >= 15 is 0 Å². The van der Waals surface area contributed by atoms with Crippen LogP contribution >= 0.6 is 12.0 Å². The Balaban J connectivity index is 0.00000112. The lowest BCUT2D eigenvalue weighted by Crippen LogP contribution is -2.29. The van der Waals surface area contributed by atoms with Crippen LogP contribution in [0.1, 0.15) is 59.1 Å². The Hall–Kier alpha value is -3.39.